The standard InChI is InChI=1S/C53H44O10S3/c1-37-5-25-47(26-6-37)64(54,55)48-27-17-43(18-28-48)62-44-19-33-51(34-20-44)66(58,59)52-35-23-46(24-36-52)63-45-21-31-50(32-22-45)65(56,57)49-29-15-42(16-30-49)61-41-13-9-39(10-14-41)53(2,3)38-7-11-40(60-4)12-8-38/h5-36H,1-4H3. The molecule has 0 bridgehead atoms. The molecule has 8 aromatic rings. The zero-order valence-electron chi connectivity index (χ0n) is 36.3. The van der Waals surface area contributed by atoms with Crippen LogP contribution in [0.15, 0.2) is 223 Å². The second kappa shape index (κ2) is 18.4. The summed E-state index contributed by atoms with van der Waals surface area (Å²) >= 11 is 0. The first kappa shape index (κ1) is 45.4. The second-order valence-corrected chi connectivity index (χ2v) is 21.7. The van der Waals surface area contributed by atoms with E-state index in [0.717, 1.165) is 22.4 Å². The molecule has 0 unspecified atom stereocenters. The summed E-state index contributed by atoms with van der Waals surface area (Å²) in [5.74, 6) is 3.33. The van der Waals surface area contributed by atoms with Crippen molar-refractivity contribution in [2.75, 3.05) is 7.11 Å². The van der Waals surface area contributed by atoms with Crippen LogP contribution in [0.3, 0.4) is 0 Å². The van der Waals surface area contributed by atoms with Gasteiger partial charge in [0, 0.05) is 5.41 Å². The van der Waals surface area contributed by atoms with Crippen LogP contribution in [0.25, 0.3) is 0 Å². The summed E-state index contributed by atoms with van der Waals surface area (Å²) in [5, 5.41) is 0. The van der Waals surface area contributed by atoms with Gasteiger partial charge in [-0.1, -0.05) is 55.8 Å². The predicted octanol–water partition coefficient (Wildman–Crippen LogP) is 12.2. The highest BCUT2D eigenvalue weighted by atomic mass is 32.2. The molecule has 0 aliphatic rings. The van der Waals surface area contributed by atoms with Crippen molar-refractivity contribution in [2.45, 2.75) is 55.6 Å². The first-order chi connectivity index (χ1) is 31.5. The van der Waals surface area contributed by atoms with Crippen LogP contribution in [0.2, 0.25) is 0 Å². The fraction of sp³-hybridized carbons (Fsp3) is 0.0943. The van der Waals surface area contributed by atoms with Gasteiger partial charge in [-0.25, -0.2) is 25.3 Å². The van der Waals surface area contributed by atoms with E-state index in [1.54, 1.807) is 43.5 Å². The highest BCUT2D eigenvalue weighted by Gasteiger charge is 2.24. The molecule has 0 aliphatic carbocycles. The summed E-state index contributed by atoms with van der Waals surface area (Å²) in [7, 11) is -9.83. The number of sulfone groups is 3. The molecule has 0 saturated carbocycles. The lowest BCUT2D eigenvalue weighted by Crippen LogP contribution is -2.18. The van der Waals surface area contributed by atoms with Crippen molar-refractivity contribution in [3.05, 3.63) is 211 Å². The Morgan fingerprint density at radius 2 is 0.500 bits per heavy atom. The van der Waals surface area contributed by atoms with Crippen LogP contribution in [-0.4, -0.2) is 32.4 Å². The Bertz CT molecular complexity index is 3300. The highest BCUT2D eigenvalue weighted by molar-refractivity contribution is 7.92. The van der Waals surface area contributed by atoms with Gasteiger partial charge in [0.2, 0.25) is 29.5 Å². The van der Waals surface area contributed by atoms with E-state index in [0.29, 0.717) is 34.5 Å². The van der Waals surface area contributed by atoms with Gasteiger partial charge in [0.05, 0.1) is 36.5 Å². The molecule has 0 aromatic heterocycles. The van der Waals surface area contributed by atoms with Gasteiger partial charge in [-0.15, -0.1) is 0 Å². The molecule has 8 aromatic carbocycles. The van der Waals surface area contributed by atoms with E-state index in [-0.39, 0.29) is 34.8 Å². The summed E-state index contributed by atoms with van der Waals surface area (Å²) < 4.78 is 103. The number of benzene rings is 8. The van der Waals surface area contributed by atoms with Crippen LogP contribution >= 0.6 is 0 Å². The van der Waals surface area contributed by atoms with Crippen molar-refractivity contribution in [1.29, 1.82) is 0 Å². The minimum absolute atomic E-state index is 0.0365. The van der Waals surface area contributed by atoms with Crippen LogP contribution in [0, 0.1) is 6.92 Å². The van der Waals surface area contributed by atoms with Gasteiger partial charge < -0.3 is 18.9 Å². The molecule has 8 rings (SSSR count). The van der Waals surface area contributed by atoms with E-state index in [1.165, 1.54) is 109 Å². The van der Waals surface area contributed by atoms with Crippen LogP contribution in [0.1, 0.15) is 30.5 Å². The van der Waals surface area contributed by atoms with Crippen molar-refractivity contribution in [3.8, 4) is 40.2 Å². The monoisotopic (exact) mass is 936 g/mol. The van der Waals surface area contributed by atoms with E-state index < -0.39 is 29.5 Å². The summed E-state index contributed by atoms with van der Waals surface area (Å²) in [4.78, 5) is 0.554. The topological polar surface area (TPSA) is 139 Å². The molecule has 13 heteroatoms. The Kier molecular flexibility index (Phi) is 12.6. The fourth-order valence-corrected chi connectivity index (χ4v) is 10.9. The average molecular weight is 937 g/mol. The van der Waals surface area contributed by atoms with Gasteiger partial charge in [-0.05, 0) is 176 Å². The normalized spacial score (nSPS) is 12.0. The Hall–Kier alpha value is -7.19. The molecule has 0 fully saturated rings. The molecule has 334 valence electrons. The van der Waals surface area contributed by atoms with E-state index in [4.69, 9.17) is 18.9 Å². The number of methoxy groups -OCH3 is 1. The molecular weight excluding hydrogens is 893 g/mol. The molecular formula is C53H44O10S3. The molecule has 0 N–H and O–H groups in total. The fourth-order valence-electron chi connectivity index (χ4n) is 7.08. The second-order valence-electron chi connectivity index (χ2n) is 15.9. The Balaban J connectivity index is 0.852. The first-order valence-corrected chi connectivity index (χ1v) is 25.1. The number of hydrogen-bond donors (Lipinski definition) is 0. The minimum atomic E-state index is -3.91. The van der Waals surface area contributed by atoms with Crippen molar-refractivity contribution in [1.82, 2.24) is 0 Å². The Labute approximate surface area is 385 Å². The lowest BCUT2D eigenvalue weighted by atomic mass is 9.78. The largest absolute Gasteiger partial charge is 0.497 e. The molecule has 0 aliphatic heterocycles. The maximum atomic E-state index is 13.5. The maximum Gasteiger partial charge on any atom is 0.206 e. The lowest BCUT2D eigenvalue weighted by Gasteiger charge is -2.26. The maximum absolute atomic E-state index is 13.5. The third kappa shape index (κ3) is 9.74. The quantitative estimate of drug-likeness (QED) is 0.0976. The van der Waals surface area contributed by atoms with Gasteiger partial charge in [-0.3, -0.25) is 0 Å². The third-order valence-electron chi connectivity index (χ3n) is 11.1. The molecule has 0 heterocycles. The number of hydrogen-bond acceptors (Lipinski definition) is 10. The lowest BCUT2D eigenvalue weighted by molar-refractivity contribution is 0.414. The van der Waals surface area contributed by atoms with Gasteiger partial charge >= 0.3 is 0 Å². The van der Waals surface area contributed by atoms with E-state index in [9.17, 15) is 25.3 Å². The summed E-state index contributed by atoms with van der Waals surface area (Å²) in [6.07, 6.45) is 0. The summed E-state index contributed by atoms with van der Waals surface area (Å²) in [5.41, 5.74) is 2.95. The minimum Gasteiger partial charge on any atom is -0.497 e. The number of ether oxygens (including phenoxy) is 4. The number of aryl methyl sites for hydroxylation is 1. The van der Waals surface area contributed by atoms with E-state index in [1.807, 2.05) is 43.3 Å². The highest BCUT2D eigenvalue weighted by Crippen LogP contribution is 2.35. The van der Waals surface area contributed by atoms with Gasteiger partial charge in [0.25, 0.3) is 0 Å². The molecule has 10 nitrogen and oxygen atoms in total. The van der Waals surface area contributed by atoms with Gasteiger partial charge in [0.15, 0.2) is 0 Å². The third-order valence-corrected chi connectivity index (χ3v) is 16.5. The zero-order chi connectivity index (χ0) is 46.7. The Morgan fingerprint density at radius 1 is 0.303 bits per heavy atom. The van der Waals surface area contributed by atoms with Crippen LogP contribution < -0.4 is 18.9 Å². The van der Waals surface area contributed by atoms with Crippen LogP contribution in [-0.2, 0) is 34.9 Å². The zero-order valence-corrected chi connectivity index (χ0v) is 38.7. The van der Waals surface area contributed by atoms with Crippen molar-refractivity contribution in [2.24, 2.45) is 0 Å². The SMILES string of the molecule is COc1ccc(C(C)(C)c2ccc(Oc3ccc(S(=O)(=O)c4ccc(Oc5ccc(S(=O)(=O)c6ccc(Oc7ccc(S(=O)(=O)c8ccc(C)cc8)cc7)cc6)cc5)cc4)cc3)cc2)cc1. The smallest absolute Gasteiger partial charge is 0.206 e. The van der Waals surface area contributed by atoms with Crippen LogP contribution in [0.4, 0.5) is 0 Å². The predicted molar refractivity (Wildman–Crippen MR) is 252 cm³/mol. The molecule has 0 amide bonds. The first-order valence-electron chi connectivity index (χ1n) is 20.6. The molecule has 0 spiro atoms. The van der Waals surface area contributed by atoms with E-state index in [2.05, 4.69) is 26.0 Å². The summed E-state index contributed by atoms with van der Waals surface area (Å²) in [6, 6.07) is 52.3. The van der Waals surface area contributed by atoms with Crippen LogP contribution in [0.5, 0.6) is 40.2 Å². The van der Waals surface area contributed by atoms with Gasteiger partial charge in [-0.2, -0.15) is 0 Å². The summed E-state index contributed by atoms with van der Waals surface area (Å²) in [6.45, 7) is 6.18. The van der Waals surface area contributed by atoms with Gasteiger partial charge in [0.1, 0.15) is 40.2 Å². The van der Waals surface area contributed by atoms with Crippen molar-refractivity contribution >= 4 is 29.5 Å². The molecule has 0 atom stereocenters. The van der Waals surface area contributed by atoms with E-state index >= 15 is 0 Å². The molecule has 66 heavy (non-hydrogen) atoms. The average Bonchev–Trinajstić information content (AvgIpc) is 3.33. The van der Waals surface area contributed by atoms with Crippen molar-refractivity contribution in [3.63, 3.8) is 0 Å². The molecule has 0 radical (unpaired) electrons. The molecule has 0 saturated heterocycles. The Morgan fingerprint density at radius 3 is 0.727 bits per heavy atom. The number of rotatable bonds is 15. The van der Waals surface area contributed by atoms with Crippen molar-refractivity contribution < 1.29 is 44.2 Å².